The summed E-state index contributed by atoms with van der Waals surface area (Å²) in [4.78, 5) is 22.3. The first-order valence-electron chi connectivity index (χ1n) is 9.79. The van der Waals surface area contributed by atoms with Crippen LogP contribution in [0.5, 0.6) is 5.75 Å². The maximum absolute atomic E-state index is 13.2. The third-order valence-corrected chi connectivity index (χ3v) is 4.85. The predicted molar refractivity (Wildman–Crippen MR) is 114 cm³/mol. The Morgan fingerprint density at radius 3 is 2.57 bits per heavy atom. The van der Waals surface area contributed by atoms with E-state index in [9.17, 15) is 4.79 Å². The summed E-state index contributed by atoms with van der Waals surface area (Å²) in [5.74, 6) is 0.157. The van der Waals surface area contributed by atoms with Crippen LogP contribution in [0.4, 0.5) is 0 Å². The van der Waals surface area contributed by atoms with Gasteiger partial charge in [0.15, 0.2) is 5.65 Å². The van der Waals surface area contributed by atoms with Crippen LogP contribution in [-0.4, -0.2) is 39.4 Å². The number of methoxy groups -OCH3 is 1. The van der Waals surface area contributed by atoms with E-state index in [1.165, 1.54) is 0 Å². The monoisotopic (exact) mass is 402 g/mol. The van der Waals surface area contributed by atoms with Crippen molar-refractivity contribution in [3.63, 3.8) is 0 Å². The van der Waals surface area contributed by atoms with Crippen LogP contribution in [-0.2, 0) is 11.3 Å². The minimum atomic E-state index is -0.437. The average Bonchev–Trinajstić information content (AvgIpc) is 3.21. The van der Waals surface area contributed by atoms with E-state index < -0.39 is 5.97 Å². The predicted octanol–water partition coefficient (Wildman–Crippen LogP) is 4.37. The van der Waals surface area contributed by atoms with Crippen molar-refractivity contribution in [2.45, 2.75) is 20.4 Å². The highest BCUT2D eigenvalue weighted by molar-refractivity contribution is 6.10. The molecule has 0 aliphatic rings. The molecule has 3 heterocycles. The number of pyridine rings is 2. The summed E-state index contributed by atoms with van der Waals surface area (Å²) in [6.45, 7) is 4.70. The van der Waals surface area contributed by atoms with Crippen LogP contribution in [0.1, 0.15) is 24.2 Å². The molecule has 0 spiro atoms. The number of aryl methyl sites for hydroxylation is 1. The topological polar surface area (TPSA) is 79.1 Å². The highest BCUT2D eigenvalue weighted by atomic mass is 16.5. The first-order valence-corrected chi connectivity index (χ1v) is 9.79. The molecule has 0 saturated heterocycles. The third kappa shape index (κ3) is 3.39. The molecule has 0 atom stereocenters. The van der Waals surface area contributed by atoms with Crippen LogP contribution in [0.2, 0.25) is 0 Å². The van der Waals surface area contributed by atoms with Gasteiger partial charge < -0.3 is 9.47 Å². The average molecular weight is 402 g/mol. The lowest BCUT2D eigenvalue weighted by Crippen LogP contribution is -2.11. The van der Waals surface area contributed by atoms with Gasteiger partial charge in [-0.15, -0.1) is 0 Å². The Morgan fingerprint density at radius 1 is 1.07 bits per heavy atom. The smallest absolute Gasteiger partial charge is 0.341 e. The molecule has 0 aliphatic carbocycles. The van der Waals surface area contributed by atoms with E-state index in [4.69, 9.17) is 14.5 Å². The molecular formula is C23H22N4O3. The standard InChI is InChI=1S/C23H22N4O3/c1-4-27-22-18(14-25-27)19(16-11-17(29-3)13-24-12-16)20(23(28)30-5-2)21(26-22)15-9-7-6-8-10-15/h6-14H,4-5H2,1-3H3. The number of nitrogens with zero attached hydrogens (tertiary/aromatic N) is 4. The molecule has 0 radical (unpaired) electrons. The van der Waals surface area contributed by atoms with Gasteiger partial charge in [0.05, 0.1) is 37.4 Å². The Bertz CT molecular complexity index is 1200. The third-order valence-electron chi connectivity index (χ3n) is 4.85. The molecule has 0 N–H and O–H groups in total. The van der Waals surface area contributed by atoms with Crippen molar-refractivity contribution in [1.82, 2.24) is 19.7 Å². The van der Waals surface area contributed by atoms with Gasteiger partial charge in [0.1, 0.15) is 5.75 Å². The lowest BCUT2D eigenvalue weighted by molar-refractivity contribution is 0.0528. The Morgan fingerprint density at radius 2 is 1.87 bits per heavy atom. The fourth-order valence-electron chi connectivity index (χ4n) is 3.49. The first-order chi connectivity index (χ1) is 14.7. The minimum absolute atomic E-state index is 0.259. The second kappa shape index (κ2) is 8.32. The van der Waals surface area contributed by atoms with Crippen molar-refractivity contribution < 1.29 is 14.3 Å². The molecule has 7 nitrogen and oxygen atoms in total. The summed E-state index contributed by atoms with van der Waals surface area (Å²) in [5.41, 5.74) is 3.88. The number of benzene rings is 1. The van der Waals surface area contributed by atoms with Crippen molar-refractivity contribution >= 4 is 17.0 Å². The number of carbonyl (C=O) groups excluding carboxylic acids is 1. The highest BCUT2D eigenvalue weighted by Crippen LogP contribution is 2.38. The van der Waals surface area contributed by atoms with Gasteiger partial charge in [0.25, 0.3) is 0 Å². The van der Waals surface area contributed by atoms with E-state index in [2.05, 4.69) is 10.1 Å². The fourth-order valence-corrected chi connectivity index (χ4v) is 3.49. The number of esters is 1. The molecule has 152 valence electrons. The van der Waals surface area contributed by atoms with Crippen molar-refractivity contribution in [2.24, 2.45) is 0 Å². The van der Waals surface area contributed by atoms with Gasteiger partial charge in [-0.2, -0.15) is 5.10 Å². The number of hydrogen-bond acceptors (Lipinski definition) is 6. The molecule has 30 heavy (non-hydrogen) atoms. The van der Waals surface area contributed by atoms with E-state index in [1.54, 1.807) is 32.6 Å². The molecule has 1 aromatic carbocycles. The zero-order chi connectivity index (χ0) is 21.1. The Labute approximate surface area is 174 Å². The minimum Gasteiger partial charge on any atom is -0.495 e. The van der Waals surface area contributed by atoms with Gasteiger partial charge in [0.2, 0.25) is 0 Å². The summed E-state index contributed by atoms with van der Waals surface area (Å²) in [7, 11) is 1.58. The van der Waals surface area contributed by atoms with Crippen LogP contribution in [0.25, 0.3) is 33.4 Å². The Balaban J connectivity index is 2.14. The Hall–Kier alpha value is -3.74. The molecular weight excluding hydrogens is 380 g/mol. The van der Waals surface area contributed by atoms with Gasteiger partial charge in [-0.05, 0) is 19.9 Å². The van der Waals surface area contributed by atoms with Gasteiger partial charge in [0, 0.05) is 34.8 Å². The maximum Gasteiger partial charge on any atom is 0.341 e. The summed E-state index contributed by atoms with van der Waals surface area (Å²) < 4.78 is 12.6. The SMILES string of the molecule is CCOC(=O)c1c(-c2ccccc2)nc2c(cnn2CC)c1-c1cncc(OC)c1. The number of hydrogen-bond donors (Lipinski definition) is 0. The molecule has 4 rings (SSSR count). The molecule has 0 amide bonds. The van der Waals surface area contributed by atoms with Crippen molar-refractivity contribution in [3.05, 3.63) is 60.6 Å². The zero-order valence-electron chi connectivity index (χ0n) is 17.1. The van der Waals surface area contributed by atoms with Crippen LogP contribution in [0, 0.1) is 0 Å². The van der Waals surface area contributed by atoms with Gasteiger partial charge >= 0.3 is 5.97 Å². The van der Waals surface area contributed by atoms with Crippen molar-refractivity contribution in [3.8, 4) is 28.1 Å². The van der Waals surface area contributed by atoms with Crippen LogP contribution in [0.3, 0.4) is 0 Å². The molecule has 4 aromatic rings. The summed E-state index contributed by atoms with van der Waals surface area (Å²) in [6.07, 6.45) is 5.07. The second-order valence-electron chi connectivity index (χ2n) is 6.61. The van der Waals surface area contributed by atoms with E-state index >= 15 is 0 Å². The zero-order valence-corrected chi connectivity index (χ0v) is 17.1. The van der Waals surface area contributed by atoms with Crippen molar-refractivity contribution in [2.75, 3.05) is 13.7 Å². The van der Waals surface area contributed by atoms with Crippen molar-refractivity contribution in [1.29, 1.82) is 0 Å². The molecule has 0 fully saturated rings. The number of fused-ring (bicyclic) bond motifs is 1. The lowest BCUT2D eigenvalue weighted by Gasteiger charge is -2.16. The van der Waals surface area contributed by atoms with E-state index in [1.807, 2.05) is 48.0 Å². The number of ether oxygens (including phenoxy) is 2. The second-order valence-corrected chi connectivity index (χ2v) is 6.61. The first kappa shape index (κ1) is 19.6. The summed E-state index contributed by atoms with van der Waals surface area (Å²) in [6, 6.07) is 11.5. The maximum atomic E-state index is 13.2. The molecule has 0 aliphatic heterocycles. The lowest BCUT2D eigenvalue weighted by atomic mass is 9.94. The molecule has 0 bridgehead atoms. The van der Waals surface area contributed by atoms with Crippen LogP contribution < -0.4 is 4.74 Å². The molecule has 0 unspecified atom stereocenters. The fraction of sp³-hybridized carbons (Fsp3) is 0.217. The molecule has 7 heteroatoms. The summed E-state index contributed by atoms with van der Waals surface area (Å²) in [5, 5.41) is 5.23. The number of rotatable bonds is 6. The molecule has 0 saturated carbocycles. The van der Waals surface area contributed by atoms with E-state index in [0.29, 0.717) is 34.8 Å². The van der Waals surface area contributed by atoms with Crippen LogP contribution in [0.15, 0.2) is 55.0 Å². The highest BCUT2D eigenvalue weighted by Gasteiger charge is 2.26. The number of aromatic nitrogens is 4. The van der Waals surface area contributed by atoms with Gasteiger partial charge in [-0.25, -0.2) is 14.5 Å². The van der Waals surface area contributed by atoms with E-state index in [0.717, 1.165) is 16.5 Å². The molecule has 3 aromatic heterocycles. The quantitative estimate of drug-likeness (QED) is 0.446. The summed E-state index contributed by atoms with van der Waals surface area (Å²) >= 11 is 0. The normalized spacial score (nSPS) is 10.9. The number of carbonyl (C=O) groups is 1. The Kier molecular flexibility index (Phi) is 5.43. The largest absolute Gasteiger partial charge is 0.495 e. The van der Waals surface area contributed by atoms with Crippen LogP contribution >= 0.6 is 0 Å². The van der Waals surface area contributed by atoms with Gasteiger partial charge in [-0.3, -0.25) is 4.98 Å². The van der Waals surface area contributed by atoms with Gasteiger partial charge in [-0.1, -0.05) is 30.3 Å². The van der Waals surface area contributed by atoms with E-state index in [-0.39, 0.29) is 6.61 Å².